The fourth-order valence-corrected chi connectivity index (χ4v) is 6.80. The van der Waals surface area contributed by atoms with Crippen LogP contribution < -0.4 is 20.2 Å². The van der Waals surface area contributed by atoms with Gasteiger partial charge in [-0.15, -0.1) is 0 Å². The number of rotatable bonds is 6. The Balaban J connectivity index is 1.36. The highest BCUT2D eigenvalue weighted by atomic mass is 32.1. The third kappa shape index (κ3) is 5.32. The monoisotopic (exact) mass is 616 g/mol. The van der Waals surface area contributed by atoms with E-state index in [1.165, 1.54) is 34.1 Å². The molecular weight excluding hydrogens is 590 g/mol. The highest BCUT2D eigenvalue weighted by Gasteiger charge is 2.32. The van der Waals surface area contributed by atoms with Crippen LogP contribution in [-0.2, 0) is 11.3 Å². The van der Waals surface area contributed by atoms with Crippen molar-refractivity contribution in [2.75, 3.05) is 5.32 Å². The lowest BCUT2D eigenvalue weighted by Gasteiger charge is -2.25. The van der Waals surface area contributed by atoms with Gasteiger partial charge in [0.2, 0.25) is 0 Å². The molecule has 0 bridgehead atoms. The standard InChI is InChI=1S/C36H26F2N4O2S/c1-22-32(34(43)40-27-10-3-2-4-11-27)33(23-15-17-26(37)18-16-23)42-35(44)31(45-36(42)39-22)19-25-21-41(30-14-8-6-12-28(25)30)20-24-9-5-7-13-29(24)38/h2-19,21,33H,20H2,1H3,(H,40,43)/b31-19+/t33-/m0/s1. The smallest absolute Gasteiger partial charge is 0.271 e. The molecule has 2 aromatic heterocycles. The van der Waals surface area contributed by atoms with Gasteiger partial charge in [-0.2, -0.15) is 0 Å². The summed E-state index contributed by atoms with van der Waals surface area (Å²) >= 11 is 1.22. The molecule has 1 atom stereocenters. The summed E-state index contributed by atoms with van der Waals surface area (Å²) in [5.41, 5.74) is 3.88. The Morgan fingerprint density at radius 2 is 1.64 bits per heavy atom. The Labute approximate surface area is 260 Å². The van der Waals surface area contributed by atoms with Gasteiger partial charge in [0.05, 0.1) is 28.4 Å². The van der Waals surface area contributed by atoms with E-state index in [1.54, 1.807) is 49.4 Å². The highest BCUT2D eigenvalue weighted by molar-refractivity contribution is 7.07. The maximum atomic E-state index is 14.5. The number of nitrogens with one attached hydrogen (secondary N) is 1. The first-order valence-corrected chi connectivity index (χ1v) is 15.1. The van der Waals surface area contributed by atoms with E-state index in [9.17, 15) is 18.4 Å². The average molecular weight is 617 g/mol. The van der Waals surface area contributed by atoms with Gasteiger partial charge < -0.3 is 9.88 Å². The summed E-state index contributed by atoms with van der Waals surface area (Å²) in [5.74, 6) is -1.11. The molecule has 6 aromatic rings. The maximum absolute atomic E-state index is 14.5. The van der Waals surface area contributed by atoms with Crippen molar-refractivity contribution in [3.63, 3.8) is 0 Å². The summed E-state index contributed by atoms with van der Waals surface area (Å²) in [6.45, 7) is 2.07. The number of hydrogen-bond acceptors (Lipinski definition) is 4. The topological polar surface area (TPSA) is 68.4 Å². The number of nitrogens with zero attached hydrogens (tertiary/aromatic N) is 3. The molecule has 6 nitrogen and oxygen atoms in total. The second kappa shape index (κ2) is 11.6. The Morgan fingerprint density at radius 1 is 0.933 bits per heavy atom. The first kappa shape index (κ1) is 28.4. The summed E-state index contributed by atoms with van der Waals surface area (Å²) in [6, 6.07) is 28.5. The van der Waals surface area contributed by atoms with Crippen LogP contribution in [-0.4, -0.2) is 15.0 Å². The molecule has 0 saturated carbocycles. The average Bonchev–Trinajstić information content (AvgIpc) is 3.54. The lowest BCUT2D eigenvalue weighted by molar-refractivity contribution is -0.113. The number of fused-ring (bicyclic) bond motifs is 2. The van der Waals surface area contributed by atoms with Gasteiger partial charge in [-0.3, -0.25) is 14.2 Å². The van der Waals surface area contributed by atoms with Crippen LogP contribution in [0.3, 0.4) is 0 Å². The number of aromatic nitrogens is 2. The largest absolute Gasteiger partial charge is 0.342 e. The van der Waals surface area contributed by atoms with Crippen LogP contribution in [0, 0.1) is 11.6 Å². The van der Waals surface area contributed by atoms with Gasteiger partial charge in [-0.1, -0.05) is 78.1 Å². The number of halogens is 2. The summed E-state index contributed by atoms with van der Waals surface area (Å²) in [7, 11) is 0. The number of carbonyl (C=O) groups is 1. The van der Waals surface area contributed by atoms with Gasteiger partial charge >= 0.3 is 0 Å². The molecule has 7 rings (SSSR count). The van der Waals surface area contributed by atoms with Gasteiger partial charge in [-0.05, 0) is 55.0 Å². The minimum Gasteiger partial charge on any atom is -0.342 e. The van der Waals surface area contributed by atoms with Gasteiger partial charge in [0, 0.05) is 33.9 Å². The van der Waals surface area contributed by atoms with Gasteiger partial charge in [0.15, 0.2) is 4.80 Å². The Morgan fingerprint density at radius 3 is 2.42 bits per heavy atom. The molecule has 4 aromatic carbocycles. The molecule has 3 heterocycles. The van der Waals surface area contributed by atoms with Crippen LogP contribution in [0.5, 0.6) is 0 Å². The second-order valence-corrected chi connectivity index (χ2v) is 11.8. The Hall–Kier alpha value is -5.41. The number of allylic oxidation sites excluding steroid dienone is 1. The highest BCUT2D eigenvalue weighted by Crippen LogP contribution is 2.31. The molecule has 1 N–H and O–H groups in total. The lowest BCUT2D eigenvalue weighted by Crippen LogP contribution is -2.40. The molecule has 0 unspecified atom stereocenters. The molecule has 9 heteroatoms. The Kier molecular flexibility index (Phi) is 7.31. The normalized spacial score (nSPS) is 14.8. The van der Waals surface area contributed by atoms with Crippen molar-refractivity contribution in [1.82, 2.24) is 9.13 Å². The van der Waals surface area contributed by atoms with Crippen molar-refractivity contribution in [2.45, 2.75) is 19.5 Å². The zero-order valence-corrected chi connectivity index (χ0v) is 24.9. The van der Waals surface area contributed by atoms with Crippen LogP contribution >= 0.6 is 11.3 Å². The summed E-state index contributed by atoms with van der Waals surface area (Å²) in [6.07, 6.45) is 3.73. The van der Waals surface area contributed by atoms with Crippen molar-refractivity contribution < 1.29 is 13.6 Å². The summed E-state index contributed by atoms with van der Waals surface area (Å²) < 4.78 is 32.4. The molecule has 45 heavy (non-hydrogen) atoms. The molecule has 1 aliphatic heterocycles. The minimum absolute atomic E-state index is 0.284. The number of para-hydroxylation sites is 2. The van der Waals surface area contributed by atoms with E-state index in [2.05, 4.69) is 5.32 Å². The van der Waals surface area contributed by atoms with E-state index in [1.807, 2.05) is 59.3 Å². The zero-order valence-electron chi connectivity index (χ0n) is 24.1. The van der Waals surface area contributed by atoms with Crippen LogP contribution in [0.4, 0.5) is 14.5 Å². The molecule has 0 radical (unpaired) electrons. The number of benzene rings is 4. The van der Waals surface area contributed by atoms with E-state index < -0.39 is 17.8 Å². The number of amides is 1. The quantitative estimate of drug-likeness (QED) is 0.244. The second-order valence-electron chi connectivity index (χ2n) is 10.8. The SMILES string of the molecule is CC1=C(C(=O)Nc2ccccc2)[C@H](c2ccc(F)cc2)n2c(s/c(=C/c3cn(Cc4ccccc4F)c4ccccc34)c2=O)=N1. The van der Waals surface area contributed by atoms with E-state index >= 15 is 0 Å². The van der Waals surface area contributed by atoms with Crippen LogP contribution in [0.2, 0.25) is 0 Å². The van der Waals surface area contributed by atoms with E-state index in [4.69, 9.17) is 4.99 Å². The third-order valence-electron chi connectivity index (χ3n) is 7.89. The van der Waals surface area contributed by atoms with Crippen molar-refractivity contribution in [3.8, 4) is 0 Å². The minimum atomic E-state index is -0.824. The molecule has 1 aliphatic rings. The molecule has 1 amide bonds. The summed E-state index contributed by atoms with van der Waals surface area (Å²) in [4.78, 5) is 33.0. The van der Waals surface area contributed by atoms with Crippen LogP contribution in [0.1, 0.15) is 29.7 Å². The molecule has 0 saturated heterocycles. The number of thiazole rings is 1. The van der Waals surface area contributed by atoms with Crippen molar-refractivity contribution in [3.05, 3.63) is 169 Å². The Bertz CT molecular complexity index is 2300. The lowest BCUT2D eigenvalue weighted by atomic mass is 9.95. The fraction of sp³-hybridized carbons (Fsp3) is 0.0833. The molecule has 0 aliphatic carbocycles. The number of hydrogen-bond donors (Lipinski definition) is 1. The third-order valence-corrected chi connectivity index (χ3v) is 8.87. The number of carbonyl (C=O) groups excluding carboxylic acids is 1. The predicted molar refractivity (Wildman–Crippen MR) is 173 cm³/mol. The van der Waals surface area contributed by atoms with Crippen molar-refractivity contribution in [2.24, 2.45) is 4.99 Å². The van der Waals surface area contributed by atoms with E-state index in [0.29, 0.717) is 44.0 Å². The molecule has 0 fully saturated rings. The van der Waals surface area contributed by atoms with Gasteiger partial charge in [0.25, 0.3) is 11.5 Å². The fourth-order valence-electron chi connectivity index (χ4n) is 5.76. The van der Waals surface area contributed by atoms with Crippen molar-refractivity contribution >= 4 is 39.9 Å². The first-order chi connectivity index (χ1) is 21.9. The van der Waals surface area contributed by atoms with Crippen LogP contribution in [0.25, 0.3) is 17.0 Å². The zero-order chi connectivity index (χ0) is 31.1. The predicted octanol–water partition coefficient (Wildman–Crippen LogP) is 6.16. The van der Waals surface area contributed by atoms with Gasteiger partial charge in [0.1, 0.15) is 11.6 Å². The molecule has 222 valence electrons. The number of anilines is 1. The van der Waals surface area contributed by atoms with Gasteiger partial charge in [-0.25, -0.2) is 13.8 Å². The maximum Gasteiger partial charge on any atom is 0.271 e. The summed E-state index contributed by atoms with van der Waals surface area (Å²) in [5, 5.41) is 3.83. The first-order valence-electron chi connectivity index (χ1n) is 14.3. The van der Waals surface area contributed by atoms with Crippen molar-refractivity contribution in [1.29, 1.82) is 0 Å². The molecule has 0 spiro atoms. The van der Waals surface area contributed by atoms with E-state index in [0.717, 1.165) is 16.5 Å². The van der Waals surface area contributed by atoms with E-state index in [-0.39, 0.29) is 11.4 Å². The van der Waals surface area contributed by atoms with Crippen LogP contribution in [0.15, 0.2) is 130 Å². The molecular formula is C36H26F2N4O2S.